The number of rotatable bonds is 5. The van der Waals surface area contributed by atoms with Crippen LogP contribution in [0.1, 0.15) is 12.5 Å². The number of hydrogen-bond acceptors (Lipinski definition) is 4. The van der Waals surface area contributed by atoms with E-state index in [0.717, 1.165) is 11.3 Å². The first-order valence-corrected chi connectivity index (χ1v) is 8.99. The highest BCUT2D eigenvalue weighted by Gasteiger charge is 2.19. The lowest BCUT2D eigenvalue weighted by Crippen LogP contribution is -2.22. The van der Waals surface area contributed by atoms with E-state index in [1.807, 2.05) is 42.7 Å². The van der Waals surface area contributed by atoms with Gasteiger partial charge in [-0.25, -0.2) is 0 Å². The Bertz CT molecular complexity index is 879. The predicted octanol–water partition coefficient (Wildman–Crippen LogP) is 4.35. The Labute approximate surface area is 155 Å². The van der Waals surface area contributed by atoms with Crippen LogP contribution in [0, 0.1) is 6.92 Å². The molecule has 0 radical (unpaired) electrons. The third kappa shape index (κ3) is 4.21. The number of nitrogens with zero attached hydrogens (tertiary/aromatic N) is 3. The summed E-state index contributed by atoms with van der Waals surface area (Å²) in [4.78, 5) is 12.4. The van der Waals surface area contributed by atoms with Crippen LogP contribution in [0.2, 0.25) is 5.02 Å². The van der Waals surface area contributed by atoms with Crippen LogP contribution >= 0.6 is 23.4 Å². The van der Waals surface area contributed by atoms with Crippen molar-refractivity contribution < 1.29 is 4.79 Å². The minimum absolute atomic E-state index is 0.105. The fourth-order valence-electron chi connectivity index (χ4n) is 2.29. The zero-order valence-electron chi connectivity index (χ0n) is 13.8. The third-order valence-electron chi connectivity index (χ3n) is 3.65. The van der Waals surface area contributed by atoms with Gasteiger partial charge in [-0.15, -0.1) is 10.2 Å². The fourth-order valence-corrected chi connectivity index (χ4v) is 3.25. The maximum atomic E-state index is 12.4. The fraction of sp³-hybridized carbons (Fsp3) is 0.167. The topological polar surface area (TPSA) is 59.8 Å². The highest BCUT2D eigenvalue weighted by Crippen LogP contribution is 2.26. The van der Waals surface area contributed by atoms with Crippen molar-refractivity contribution in [2.45, 2.75) is 24.3 Å². The summed E-state index contributed by atoms with van der Waals surface area (Å²) in [6.45, 7) is 3.87. The van der Waals surface area contributed by atoms with E-state index in [0.29, 0.717) is 15.9 Å². The predicted molar refractivity (Wildman–Crippen MR) is 101 cm³/mol. The Balaban J connectivity index is 1.72. The van der Waals surface area contributed by atoms with Gasteiger partial charge in [-0.1, -0.05) is 41.6 Å². The van der Waals surface area contributed by atoms with Crippen molar-refractivity contribution in [2.75, 3.05) is 5.32 Å². The Hall–Kier alpha value is -2.31. The van der Waals surface area contributed by atoms with Crippen LogP contribution in [0.25, 0.3) is 5.69 Å². The molecule has 7 heteroatoms. The molecular formula is C18H17ClN4OS. The third-order valence-corrected chi connectivity index (χ3v) is 4.96. The molecule has 5 nitrogen and oxygen atoms in total. The number of thioether (sulfide) groups is 1. The van der Waals surface area contributed by atoms with E-state index in [9.17, 15) is 4.79 Å². The van der Waals surface area contributed by atoms with Crippen molar-refractivity contribution in [2.24, 2.45) is 0 Å². The number of nitrogens with one attached hydrogen (secondary N) is 1. The molecule has 1 N–H and O–H groups in total. The molecular weight excluding hydrogens is 356 g/mol. The second kappa shape index (κ2) is 7.72. The van der Waals surface area contributed by atoms with Gasteiger partial charge < -0.3 is 5.32 Å². The molecule has 0 aliphatic rings. The standard InChI is InChI=1S/C18H17ClN4OS/c1-12-5-3-4-6-16(12)23-11-20-22-18(23)25-13(2)17(24)21-15-9-7-14(19)8-10-15/h3-11,13H,1-2H3,(H,21,24)/t13-/m1/s1. The van der Waals surface area contributed by atoms with Crippen LogP contribution < -0.4 is 5.32 Å². The Morgan fingerprint density at radius 3 is 2.64 bits per heavy atom. The molecule has 1 aromatic heterocycles. The van der Waals surface area contributed by atoms with E-state index in [2.05, 4.69) is 15.5 Å². The highest BCUT2D eigenvalue weighted by atomic mass is 35.5. The van der Waals surface area contributed by atoms with Gasteiger partial charge in [-0.05, 0) is 49.7 Å². The molecule has 3 rings (SSSR count). The number of carbonyl (C=O) groups is 1. The van der Waals surface area contributed by atoms with Crippen LogP contribution in [-0.4, -0.2) is 25.9 Å². The number of benzene rings is 2. The molecule has 0 fully saturated rings. The minimum atomic E-state index is -0.331. The number of carbonyl (C=O) groups excluding carboxylic acids is 1. The van der Waals surface area contributed by atoms with Crippen molar-refractivity contribution in [1.82, 2.24) is 14.8 Å². The zero-order chi connectivity index (χ0) is 17.8. The summed E-state index contributed by atoms with van der Waals surface area (Å²) in [7, 11) is 0. The average Bonchev–Trinajstić information content (AvgIpc) is 3.05. The number of anilines is 1. The summed E-state index contributed by atoms with van der Waals surface area (Å²) in [6.07, 6.45) is 1.66. The summed E-state index contributed by atoms with van der Waals surface area (Å²) in [6, 6.07) is 15.0. The molecule has 0 saturated heterocycles. The monoisotopic (exact) mass is 372 g/mol. The van der Waals surface area contributed by atoms with E-state index in [4.69, 9.17) is 11.6 Å². The van der Waals surface area contributed by atoms with Gasteiger partial charge in [0.15, 0.2) is 5.16 Å². The molecule has 1 amide bonds. The van der Waals surface area contributed by atoms with Gasteiger partial charge in [0, 0.05) is 10.7 Å². The van der Waals surface area contributed by atoms with Crippen molar-refractivity contribution in [1.29, 1.82) is 0 Å². The first-order chi connectivity index (χ1) is 12.0. The van der Waals surface area contributed by atoms with Crippen LogP contribution in [0.15, 0.2) is 60.0 Å². The van der Waals surface area contributed by atoms with Crippen molar-refractivity contribution in [3.8, 4) is 5.69 Å². The van der Waals surface area contributed by atoms with Crippen molar-refractivity contribution >= 4 is 35.0 Å². The Morgan fingerprint density at radius 2 is 1.92 bits per heavy atom. The molecule has 3 aromatic rings. The van der Waals surface area contributed by atoms with E-state index in [1.54, 1.807) is 30.6 Å². The van der Waals surface area contributed by atoms with Gasteiger partial charge in [-0.3, -0.25) is 9.36 Å². The Morgan fingerprint density at radius 1 is 1.20 bits per heavy atom. The molecule has 0 spiro atoms. The van der Waals surface area contributed by atoms with Gasteiger partial charge in [0.2, 0.25) is 5.91 Å². The first kappa shape index (κ1) is 17.5. The minimum Gasteiger partial charge on any atom is -0.325 e. The molecule has 1 heterocycles. The number of hydrogen-bond donors (Lipinski definition) is 1. The second-order valence-electron chi connectivity index (χ2n) is 5.53. The van der Waals surface area contributed by atoms with Gasteiger partial charge in [0.1, 0.15) is 6.33 Å². The molecule has 2 aromatic carbocycles. The molecule has 0 aliphatic heterocycles. The smallest absolute Gasteiger partial charge is 0.237 e. The lowest BCUT2D eigenvalue weighted by molar-refractivity contribution is -0.115. The van der Waals surface area contributed by atoms with E-state index in [-0.39, 0.29) is 11.2 Å². The summed E-state index contributed by atoms with van der Waals surface area (Å²) in [5.41, 5.74) is 2.82. The van der Waals surface area contributed by atoms with E-state index >= 15 is 0 Å². The van der Waals surface area contributed by atoms with E-state index < -0.39 is 0 Å². The largest absolute Gasteiger partial charge is 0.325 e. The highest BCUT2D eigenvalue weighted by molar-refractivity contribution is 8.00. The van der Waals surface area contributed by atoms with Crippen LogP contribution in [-0.2, 0) is 4.79 Å². The number of amides is 1. The van der Waals surface area contributed by atoms with Crippen molar-refractivity contribution in [3.63, 3.8) is 0 Å². The lowest BCUT2D eigenvalue weighted by atomic mass is 10.2. The molecule has 0 saturated carbocycles. The maximum absolute atomic E-state index is 12.4. The molecule has 0 aliphatic carbocycles. The lowest BCUT2D eigenvalue weighted by Gasteiger charge is -2.13. The summed E-state index contributed by atoms with van der Waals surface area (Å²) >= 11 is 7.22. The molecule has 0 bridgehead atoms. The van der Waals surface area contributed by atoms with Gasteiger partial charge in [-0.2, -0.15) is 0 Å². The average molecular weight is 373 g/mol. The first-order valence-electron chi connectivity index (χ1n) is 7.73. The summed E-state index contributed by atoms with van der Waals surface area (Å²) < 4.78 is 1.89. The van der Waals surface area contributed by atoms with E-state index in [1.165, 1.54) is 11.8 Å². The number of aryl methyl sites for hydroxylation is 1. The quantitative estimate of drug-likeness (QED) is 0.676. The van der Waals surface area contributed by atoms with Gasteiger partial charge in [0.05, 0.1) is 10.9 Å². The van der Waals surface area contributed by atoms with Gasteiger partial charge >= 0.3 is 0 Å². The van der Waals surface area contributed by atoms with Crippen LogP contribution in [0.4, 0.5) is 5.69 Å². The number of halogens is 1. The second-order valence-corrected chi connectivity index (χ2v) is 7.27. The maximum Gasteiger partial charge on any atom is 0.237 e. The van der Waals surface area contributed by atoms with Crippen LogP contribution in [0.5, 0.6) is 0 Å². The van der Waals surface area contributed by atoms with Crippen molar-refractivity contribution in [3.05, 3.63) is 65.4 Å². The Kier molecular flexibility index (Phi) is 5.40. The number of aromatic nitrogens is 3. The summed E-state index contributed by atoms with van der Waals surface area (Å²) in [5, 5.41) is 12.0. The van der Waals surface area contributed by atoms with Crippen LogP contribution in [0.3, 0.4) is 0 Å². The van der Waals surface area contributed by atoms with Gasteiger partial charge in [0.25, 0.3) is 0 Å². The zero-order valence-corrected chi connectivity index (χ0v) is 15.4. The SMILES string of the molecule is Cc1ccccc1-n1cnnc1S[C@H](C)C(=O)Nc1ccc(Cl)cc1. The summed E-state index contributed by atoms with van der Waals surface area (Å²) in [5.74, 6) is -0.105. The normalized spacial score (nSPS) is 12.0. The molecule has 128 valence electrons. The molecule has 1 atom stereocenters. The molecule has 0 unspecified atom stereocenters. The molecule has 25 heavy (non-hydrogen) atoms. The number of para-hydroxylation sites is 1.